The maximum atomic E-state index is 12.7. The molecule has 0 saturated heterocycles. The number of rotatable bonds is 6. The molecule has 0 fully saturated rings. The van der Waals surface area contributed by atoms with Gasteiger partial charge in [0.2, 0.25) is 0 Å². The molecule has 2 rings (SSSR count). The minimum absolute atomic E-state index is 0.0430. The number of benzene rings is 2. The summed E-state index contributed by atoms with van der Waals surface area (Å²) in [6.07, 6.45) is -4.71. The van der Waals surface area contributed by atoms with Crippen molar-refractivity contribution in [3.63, 3.8) is 0 Å². The van der Waals surface area contributed by atoms with Crippen LogP contribution in [-0.4, -0.2) is 13.5 Å². The Morgan fingerprint density at radius 1 is 1.15 bits per heavy atom. The van der Waals surface area contributed by atoms with Crippen LogP contribution in [0, 0.1) is 6.92 Å². The van der Waals surface area contributed by atoms with Crippen molar-refractivity contribution >= 4 is 25.3 Å². The molecule has 0 spiro atoms. The number of anilines is 1. The van der Waals surface area contributed by atoms with Crippen LogP contribution in [0.5, 0.6) is 17.2 Å². The molecule has 5 nitrogen and oxygen atoms in total. The Labute approximate surface area is 153 Å². The van der Waals surface area contributed by atoms with Gasteiger partial charge in [0.1, 0.15) is 11.5 Å². The molecule has 26 heavy (non-hydrogen) atoms. The molecule has 140 valence electrons. The number of nitrogens with two attached hydrogens (primary N) is 1. The van der Waals surface area contributed by atoms with Crippen molar-refractivity contribution in [1.29, 1.82) is 0 Å². The summed E-state index contributed by atoms with van der Waals surface area (Å²) in [7, 11) is -0.717. The summed E-state index contributed by atoms with van der Waals surface area (Å²) < 4.78 is 65.0. The van der Waals surface area contributed by atoms with E-state index in [4.69, 9.17) is 26.8 Å². The van der Waals surface area contributed by atoms with Crippen molar-refractivity contribution in [2.45, 2.75) is 13.1 Å². The van der Waals surface area contributed by atoms with Crippen molar-refractivity contribution in [3.05, 3.63) is 46.5 Å². The third kappa shape index (κ3) is 5.00. The van der Waals surface area contributed by atoms with E-state index in [0.29, 0.717) is 5.56 Å². The van der Waals surface area contributed by atoms with E-state index in [1.807, 2.05) is 0 Å². The molecule has 0 radical (unpaired) electrons. The Kier molecular flexibility index (Phi) is 6.34. The molecule has 0 aliphatic rings. The second kappa shape index (κ2) is 8.12. The summed E-state index contributed by atoms with van der Waals surface area (Å²) in [5.74, 6) is 0.527. The summed E-state index contributed by atoms with van der Waals surface area (Å²) in [6, 6.07) is 5.78. The maximum Gasteiger partial charge on any atom is 0.549 e. The van der Waals surface area contributed by atoms with Gasteiger partial charge in [-0.3, -0.25) is 0 Å². The third-order valence-electron chi connectivity index (χ3n) is 3.32. The van der Waals surface area contributed by atoms with Crippen LogP contribution in [0.1, 0.15) is 11.1 Å². The van der Waals surface area contributed by atoms with Gasteiger partial charge in [-0.25, -0.2) is 0 Å². The van der Waals surface area contributed by atoms with Gasteiger partial charge in [0.25, 0.3) is 0 Å². The van der Waals surface area contributed by atoms with E-state index < -0.39 is 19.8 Å². The highest BCUT2D eigenvalue weighted by Gasteiger charge is 2.31. The zero-order valence-electron chi connectivity index (χ0n) is 13.8. The predicted molar refractivity (Wildman–Crippen MR) is 92.2 cm³/mol. The van der Waals surface area contributed by atoms with Crippen LogP contribution >= 0.6 is 19.6 Å². The Hall–Kier alpha value is -2.02. The van der Waals surface area contributed by atoms with Gasteiger partial charge in [-0.1, -0.05) is 11.6 Å². The van der Waals surface area contributed by atoms with Gasteiger partial charge < -0.3 is 15.2 Å². The Balaban J connectivity index is 2.27. The molecule has 2 aromatic carbocycles. The van der Waals surface area contributed by atoms with Gasteiger partial charge in [-0.2, -0.15) is 13.2 Å². The largest absolute Gasteiger partial charge is 0.549 e. The number of hydrogen-bond donors (Lipinski definition) is 1. The molecule has 2 N–H and O–H groups in total. The molecule has 0 amide bonds. The molecule has 0 aliphatic heterocycles. The molecule has 1 atom stereocenters. The highest BCUT2D eigenvalue weighted by molar-refractivity contribution is 7.38. The number of alkyl halides is 3. The maximum absolute atomic E-state index is 12.7. The first-order valence-electron chi connectivity index (χ1n) is 7.18. The molecule has 10 heteroatoms. The van der Waals surface area contributed by atoms with Crippen LogP contribution in [0.4, 0.5) is 18.9 Å². The van der Waals surface area contributed by atoms with Crippen molar-refractivity contribution in [2.24, 2.45) is 0 Å². The van der Waals surface area contributed by atoms with E-state index in [0.717, 1.165) is 18.2 Å². The van der Waals surface area contributed by atoms with Crippen LogP contribution in [0.2, 0.25) is 5.02 Å². The van der Waals surface area contributed by atoms with E-state index in [9.17, 15) is 17.7 Å². The lowest BCUT2D eigenvalue weighted by molar-refractivity contribution is -0.137. The quantitative estimate of drug-likeness (QED) is 0.485. The molecule has 0 aromatic heterocycles. The summed E-state index contributed by atoms with van der Waals surface area (Å²) in [6.45, 7) is 1.70. The molecule has 0 aliphatic carbocycles. The van der Waals surface area contributed by atoms with E-state index in [2.05, 4.69) is 4.52 Å². The molecule has 1 unspecified atom stereocenters. The second-order valence-corrected chi connectivity index (χ2v) is 6.89. The lowest BCUT2D eigenvalue weighted by atomic mass is 10.1. The fourth-order valence-electron chi connectivity index (χ4n) is 1.98. The summed E-state index contributed by atoms with van der Waals surface area (Å²) in [4.78, 5) is 0. The zero-order chi connectivity index (χ0) is 19.5. The van der Waals surface area contributed by atoms with E-state index >= 15 is 0 Å². The first-order chi connectivity index (χ1) is 12.1. The normalized spacial score (nSPS) is 12.0. The highest BCUT2D eigenvalue weighted by Crippen LogP contribution is 2.39. The van der Waals surface area contributed by atoms with Crippen LogP contribution in [0.3, 0.4) is 0 Å². The average Bonchev–Trinajstić information content (AvgIpc) is 2.56. The molecular weight excluding hydrogens is 394 g/mol. The Morgan fingerprint density at radius 2 is 1.85 bits per heavy atom. The minimum atomic E-state index is -4.50. The van der Waals surface area contributed by atoms with Crippen LogP contribution in [-0.2, 0) is 15.3 Å². The average molecular weight is 409 g/mol. The Bertz CT molecular complexity index is 830. The smallest absolute Gasteiger partial charge is 0.455 e. The van der Waals surface area contributed by atoms with Gasteiger partial charge in [-0.15, -0.1) is 4.52 Å². The Morgan fingerprint density at radius 3 is 2.42 bits per heavy atom. The monoisotopic (exact) mass is 408 g/mol. The van der Waals surface area contributed by atoms with Gasteiger partial charge >= 0.3 is 20.6 Å². The highest BCUT2D eigenvalue weighted by atomic mass is 35.5. The standard InChI is InChI=1S/C16H15ClF3NO4P/c1-9-5-12(21)15(24-8-26(22)23-2)7-14(9)25-13-4-3-10(6-11(13)17)16(18,19)20/h3-7H,8,21H2,1-2H3/q+1. The van der Waals surface area contributed by atoms with Crippen LogP contribution < -0.4 is 15.2 Å². The van der Waals surface area contributed by atoms with E-state index in [-0.39, 0.29) is 34.3 Å². The number of hydrogen-bond acceptors (Lipinski definition) is 5. The van der Waals surface area contributed by atoms with Gasteiger partial charge in [-0.05, 0) is 41.3 Å². The van der Waals surface area contributed by atoms with Crippen LogP contribution in [0.15, 0.2) is 30.3 Å². The molecule has 2 aromatic rings. The van der Waals surface area contributed by atoms with Crippen molar-refractivity contribution in [1.82, 2.24) is 0 Å². The molecule has 0 bridgehead atoms. The lowest BCUT2D eigenvalue weighted by Crippen LogP contribution is -2.04. The second-order valence-electron chi connectivity index (χ2n) is 5.19. The number of ether oxygens (including phenoxy) is 2. The van der Waals surface area contributed by atoms with E-state index in [1.54, 1.807) is 13.0 Å². The number of nitrogen functional groups attached to an aromatic ring is 1. The molecule has 0 saturated carbocycles. The summed E-state index contributed by atoms with van der Waals surface area (Å²) in [5, 5.41) is -0.194. The lowest BCUT2D eigenvalue weighted by Gasteiger charge is -2.14. The summed E-state index contributed by atoms with van der Waals surface area (Å²) in [5.41, 5.74) is 5.86. The number of halogens is 4. The van der Waals surface area contributed by atoms with Crippen molar-refractivity contribution in [2.75, 3.05) is 19.2 Å². The van der Waals surface area contributed by atoms with Gasteiger partial charge in [0.05, 0.1) is 23.4 Å². The van der Waals surface area contributed by atoms with Gasteiger partial charge in [0, 0.05) is 6.07 Å². The first-order valence-corrected chi connectivity index (χ1v) is 8.92. The van der Waals surface area contributed by atoms with Crippen LogP contribution in [0.25, 0.3) is 0 Å². The minimum Gasteiger partial charge on any atom is -0.455 e. The number of aryl methyl sites for hydroxylation is 1. The fraction of sp³-hybridized carbons (Fsp3) is 0.250. The first kappa shape index (κ1) is 20.3. The SMILES string of the molecule is CO[P+](=O)COc1cc(Oc2ccc(C(F)(F)F)cc2Cl)c(C)cc1N. The molecular formula is C16H15ClF3NO4P+. The van der Waals surface area contributed by atoms with Gasteiger partial charge in [0.15, 0.2) is 5.75 Å². The molecule has 0 heterocycles. The van der Waals surface area contributed by atoms with Crippen molar-refractivity contribution in [3.8, 4) is 17.2 Å². The predicted octanol–water partition coefficient (Wildman–Crippen LogP) is 5.77. The zero-order valence-corrected chi connectivity index (χ0v) is 15.4. The summed E-state index contributed by atoms with van der Waals surface area (Å²) >= 11 is 5.89. The van der Waals surface area contributed by atoms with E-state index in [1.165, 1.54) is 13.2 Å². The third-order valence-corrected chi connectivity index (χ3v) is 4.36. The fourth-order valence-corrected chi connectivity index (χ4v) is 2.55. The topological polar surface area (TPSA) is 70.8 Å². The van der Waals surface area contributed by atoms with Crippen molar-refractivity contribution < 1.29 is 31.7 Å².